The number of nitrogens with zero attached hydrogens (tertiary/aromatic N) is 3. The van der Waals surface area contributed by atoms with Crippen molar-refractivity contribution >= 4 is 33.7 Å². The van der Waals surface area contributed by atoms with Crippen LogP contribution in [0.15, 0.2) is 35.2 Å². The molecule has 0 aliphatic carbocycles. The minimum Gasteiger partial charge on any atom is -0.488 e. The van der Waals surface area contributed by atoms with Crippen molar-refractivity contribution in [1.29, 1.82) is 0 Å². The highest BCUT2D eigenvalue weighted by Gasteiger charge is 2.15. The van der Waals surface area contributed by atoms with Gasteiger partial charge in [0.2, 0.25) is 0 Å². The summed E-state index contributed by atoms with van der Waals surface area (Å²) < 4.78 is 7.94. The van der Waals surface area contributed by atoms with Gasteiger partial charge in [-0.05, 0) is 57.2 Å². The average molecular weight is 467 g/mol. The van der Waals surface area contributed by atoms with Crippen molar-refractivity contribution < 1.29 is 9.53 Å². The van der Waals surface area contributed by atoms with E-state index in [0.29, 0.717) is 16.6 Å². The van der Waals surface area contributed by atoms with Crippen LogP contribution in [0.3, 0.4) is 0 Å². The summed E-state index contributed by atoms with van der Waals surface area (Å²) in [6.45, 7) is 11.4. The lowest BCUT2D eigenvalue weighted by atomic mass is 10.1. The van der Waals surface area contributed by atoms with Crippen molar-refractivity contribution in [2.45, 2.75) is 47.8 Å². The molecule has 0 bridgehead atoms. The highest BCUT2D eigenvalue weighted by atomic mass is 32.1. The number of aromatic nitrogens is 3. The topological polar surface area (TPSA) is 69.0 Å². The third-order valence-electron chi connectivity index (χ3n) is 5.14. The summed E-state index contributed by atoms with van der Waals surface area (Å²) in [6.07, 6.45) is 1.99. The SMILES string of the molecule is CCn1cc(-c2csc(NC(=O)c3cc(COc4c(C)cc(C)cc4C)cs3)n2)c(C)n1. The van der Waals surface area contributed by atoms with E-state index in [0.717, 1.165) is 45.9 Å². The summed E-state index contributed by atoms with van der Waals surface area (Å²) in [7, 11) is 0. The van der Waals surface area contributed by atoms with E-state index in [1.54, 1.807) is 0 Å². The first kappa shape index (κ1) is 22.2. The van der Waals surface area contributed by atoms with Gasteiger partial charge in [0.05, 0.1) is 16.3 Å². The van der Waals surface area contributed by atoms with Gasteiger partial charge in [-0.2, -0.15) is 5.10 Å². The molecule has 3 heterocycles. The van der Waals surface area contributed by atoms with Gasteiger partial charge in [0.1, 0.15) is 12.4 Å². The molecule has 0 saturated carbocycles. The van der Waals surface area contributed by atoms with Crippen molar-refractivity contribution in [3.05, 3.63) is 68.0 Å². The van der Waals surface area contributed by atoms with Crippen molar-refractivity contribution in [3.63, 3.8) is 0 Å². The number of thiazole rings is 1. The highest BCUT2D eigenvalue weighted by Crippen LogP contribution is 2.29. The fraction of sp³-hybridized carbons (Fsp3) is 0.292. The zero-order valence-corrected chi connectivity index (χ0v) is 20.5. The molecular formula is C24H26N4O2S2. The normalized spacial score (nSPS) is 11.0. The van der Waals surface area contributed by atoms with Crippen LogP contribution in [0.4, 0.5) is 5.13 Å². The number of aryl methyl sites for hydroxylation is 5. The van der Waals surface area contributed by atoms with Crippen LogP contribution in [-0.4, -0.2) is 20.7 Å². The largest absolute Gasteiger partial charge is 0.488 e. The Bertz CT molecular complexity index is 1250. The average Bonchev–Trinajstić information content (AvgIpc) is 3.47. The van der Waals surface area contributed by atoms with Gasteiger partial charge in [0, 0.05) is 29.2 Å². The summed E-state index contributed by atoms with van der Waals surface area (Å²) in [5.74, 6) is 0.746. The van der Waals surface area contributed by atoms with Crippen LogP contribution in [0.5, 0.6) is 5.75 Å². The highest BCUT2D eigenvalue weighted by molar-refractivity contribution is 7.14. The predicted molar refractivity (Wildman–Crippen MR) is 131 cm³/mol. The molecule has 0 fully saturated rings. The molecule has 4 rings (SSSR count). The number of ether oxygens (including phenoxy) is 1. The minimum absolute atomic E-state index is 0.161. The first-order valence-corrected chi connectivity index (χ1v) is 12.2. The van der Waals surface area contributed by atoms with Gasteiger partial charge in [-0.15, -0.1) is 22.7 Å². The number of amides is 1. The third-order valence-corrected chi connectivity index (χ3v) is 6.87. The lowest BCUT2D eigenvalue weighted by molar-refractivity contribution is 0.103. The number of carbonyl (C=O) groups is 1. The molecule has 166 valence electrons. The zero-order chi connectivity index (χ0) is 22.8. The molecule has 0 saturated heterocycles. The molecule has 1 amide bonds. The number of hydrogen-bond donors (Lipinski definition) is 1. The first-order valence-electron chi connectivity index (χ1n) is 10.4. The molecule has 0 atom stereocenters. The number of thiophene rings is 1. The summed E-state index contributed by atoms with van der Waals surface area (Å²) in [6, 6.07) is 6.11. The molecule has 0 aliphatic rings. The molecule has 0 radical (unpaired) electrons. The fourth-order valence-electron chi connectivity index (χ4n) is 3.67. The quantitative estimate of drug-likeness (QED) is 0.354. The molecule has 1 aromatic carbocycles. The van der Waals surface area contributed by atoms with Gasteiger partial charge in [-0.3, -0.25) is 14.8 Å². The second-order valence-electron chi connectivity index (χ2n) is 7.81. The lowest BCUT2D eigenvalue weighted by Gasteiger charge is -2.12. The minimum atomic E-state index is -0.161. The predicted octanol–water partition coefficient (Wildman–Crippen LogP) is 6.15. The van der Waals surface area contributed by atoms with Crippen molar-refractivity contribution in [1.82, 2.24) is 14.8 Å². The Kier molecular flexibility index (Phi) is 6.43. The Labute approximate surface area is 195 Å². The number of anilines is 1. The van der Waals surface area contributed by atoms with E-state index in [-0.39, 0.29) is 5.91 Å². The molecule has 0 spiro atoms. The molecule has 1 N–H and O–H groups in total. The van der Waals surface area contributed by atoms with Gasteiger partial charge >= 0.3 is 0 Å². The summed E-state index contributed by atoms with van der Waals surface area (Å²) in [4.78, 5) is 17.9. The van der Waals surface area contributed by atoms with Crippen LogP contribution >= 0.6 is 22.7 Å². The number of carbonyl (C=O) groups excluding carboxylic acids is 1. The van der Waals surface area contributed by atoms with Crippen LogP contribution in [0, 0.1) is 27.7 Å². The number of rotatable bonds is 7. The Morgan fingerprint density at radius 3 is 2.53 bits per heavy atom. The van der Waals surface area contributed by atoms with Crippen molar-refractivity contribution in [3.8, 4) is 17.0 Å². The monoisotopic (exact) mass is 466 g/mol. The molecule has 0 unspecified atom stereocenters. The van der Waals surface area contributed by atoms with E-state index < -0.39 is 0 Å². The lowest BCUT2D eigenvalue weighted by Crippen LogP contribution is -2.10. The Morgan fingerprint density at radius 2 is 1.84 bits per heavy atom. The Balaban J connectivity index is 1.40. The number of benzene rings is 1. The van der Waals surface area contributed by atoms with Gasteiger partial charge in [0.15, 0.2) is 5.13 Å². The van der Waals surface area contributed by atoms with Crippen LogP contribution in [0.2, 0.25) is 0 Å². The van der Waals surface area contributed by atoms with Crippen LogP contribution < -0.4 is 10.1 Å². The van der Waals surface area contributed by atoms with E-state index in [1.807, 2.05) is 41.6 Å². The molecule has 0 aliphatic heterocycles. The van der Waals surface area contributed by atoms with E-state index in [1.165, 1.54) is 28.2 Å². The number of nitrogens with one attached hydrogen (secondary N) is 1. The van der Waals surface area contributed by atoms with Crippen molar-refractivity contribution in [2.75, 3.05) is 5.32 Å². The Morgan fingerprint density at radius 1 is 1.09 bits per heavy atom. The third kappa shape index (κ3) is 4.76. The second-order valence-corrected chi connectivity index (χ2v) is 9.58. The molecule has 6 nitrogen and oxygen atoms in total. The maximum atomic E-state index is 12.7. The van der Waals surface area contributed by atoms with Crippen LogP contribution in [0.25, 0.3) is 11.3 Å². The first-order chi connectivity index (χ1) is 15.3. The maximum Gasteiger partial charge on any atom is 0.267 e. The molecule has 32 heavy (non-hydrogen) atoms. The van der Waals surface area contributed by atoms with Gasteiger partial charge in [-0.1, -0.05) is 17.7 Å². The molecular weight excluding hydrogens is 440 g/mol. The summed E-state index contributed by atoms with van der Waals surface area (Å²) >= 11 is 2.82. The Hall–Kier alpha value is -2.97. The van der Waals surface area contributed by atoms with Crippen LogP contribution in [0.1, 0.15) is 44.5 Å². The smallest absolute Gasteiger partial charge is 0.267 e. The van der Waals surface area contributed by atoms with E-state index >= 15 is 0 Å². The molecule has 8 heteroatoms. The van der Waals surface area contributed by atoms with E-state index in [4.69, 9.17) is 4.74 Å². The van der Waals surface area contributed by atoms with Crippen molar-refractivity contribution in [2.24, 2.45) is 0 Å². The van der Waals surface area contributed by atoms with Gasteiger partial charge in [-0.25, -0.2) is 4.98 Å². The maximum absolute atomic E-state index is 12.7. The second kappa shape index (κ2) is 9.26. The fourth-order valence-corrected chi connectivity index (χ4v) is 5.16. The molecule has 4 aromatic rings. The van der Waals surface area contributed by atoms with E-state index in [2.05, 4.69) is 48.3 Å². The summed E-state index contributed by atoms with van der Waals surface area (Å²) in [5.41, 5.74) is 7.18. The standard InChI is InChI=1S/C24H26N4O2S2/c1-6-28-10-19(17(5)27-28)20-13-32-24(25-20)26-23(29)21-9-18(12-31-21)11-30-22-15(3)7-14(2)8-16(22)4/h7-10,12-13H,6,11H2,1-5H3,(H,25,26,29). The number of hydrogen-bond acceptors (Lipinski definition) is 6. The van der Waals surface area contributed by atoms with Gasteiger partial charge < -0.3 is 4.74 Å². The van der Waals surface area contributed by atoms with Gasteiger partial charge in [0.25, 0.3) is 5.91 Å². The van der Waals surface area contributed by atoms with E-state index in [9.17, 15) is 4.79 Å². The molecule has 3 aromatic heterocycles. The van der Waals surface area contributed by atoms with Crippen LogP contribution in [-0.2, 0) is 13.2 Å². The zero-order valence-electron chi connectivity index (χ0n) is 18.9. The summed E-state index contributed by atoms with van der Waals surface area (Å²) in [5, 5.41) is 11.9.